The molecule has 0 aliphatic carbocycles. The summed E-state index contributed by atoms with van der Waals surface area (Å²) >= 11 is 5.89. The Bertz CT molecular complexity index is 638. The van der Waals surface area contributed by atoms with E-state index in [0.29, 0.717) is 0 Å². The number of H-pyrrole nitrogens is 1. The van der Waals surface area contributed by atoms with Crippen LogP contribution in [0.15, 0.2) is 66.7 Å². The van der Waals surface area contributed by atoms with Crippen molar-refractivity contribution in [2.24, 2.45) is 0 Å². The van der Waals surface area contributed by atoms with Crippen molar-refractivity contribution in [3.8, 4) is 22.5 Å². The van der Waals surface area contributed by atoms with Crippen LogP contribution in [0.1, 0.15) is 0 Å². The zero-order valence-corrected chi connectivity index (χ0v) is 10.5. The molecule has 1 N–H and O–H groups in total. The second kappa shape index (κ2) is 4.71. The van der Waals surface area contributed by atoms with E-state index >= 15 is 0 Å². The fourth-order valence-corrected chi connectivity index (χ4v) is 2.11. The first-order chi connectivity index (χ1) is 8.83. The van der Waals surface area contributed by atoms with Crippen LogP contribution in [-0.2, 0) is 0 Å². The first-order valence-corrected chi connectivity index (χ1v) is 6.21. The van der Waals surface area contributed by atoms with Gasteiger partial charge >= 0.3 is 0 Å². The van der Waals surface area contributed by atoms with Crippen molar-refractivity contribution < 1.29 is 0 Å². The number of aromatic amines is 1. The van der Waals surface area contributed by atoms with E-state index in [9.17, 15) is 0 Å². The molecule has 0 aliphatic rings. The number of hydrogen-bond acceptors (Lipinski definition) is 0. The van der Waals surface area contributed by atoms with E-state index < -0.39 is 0 Å². The van der Waals surface area contributed by atoms with Crippen LogP contribution in [0.4, 0.5) is 0 Å². The van der Waals surface area contributed by atoms with E-state index in [-0.39, 0.29) is 0 Å². The van der Waals surface area contributed by atoms with Crippen LogP contribution in [0, 0.1) is 0 Å². The molecule has 0 spiro atoms. The molecule has 2 heteroatoms. The first kappa shape index (κ1) is 11.1. The maximum atomic E-state index is 5.89. The Kier molecular flexibility index (Phi) is 2.91. The van der Waals surface area contributed by atoms with Crippen molar-refractivity contribution in [1.82, 2.24) is 4.98 Å². The molecule has 1 nitrogen and oxygen atoms in total. The molecular formula is C16H12ClN. The van der Waals surface area contributed by atoms with E-state index in [1.807, 2.05) is 42.5 Å². The molecule has 18 heavy (non-hydrogen) atoms. The van der Waals surface area contributed by atoms with Crippen LogP contribution in [0.3, 0.4) is 0 Å². The van der Waals surface area contributed by atoms with E-state index in [1.54, 1.807) is 0 Å². The van der Waals surface area contributed by atoms with Crippen molar-refractivity contribution in [3.63, 3.8) is 0 Å². The maximum absolute atomic E-state index is 5.89. The molecule has 1 heterocycles. The lowest BCUT2D eigenvalue weighted by Crippen LogP contribution is -1.79. The summed E-state index contributed by atoms with van der Waals surface area (Å²) in [6, 6.07) is 22.3. The largest absolute Gasteiger partial charge is 0.355 e. The minimum atomic E-state index is 0.758. The minimum Gasteiger partial charge on any atom is -0.355 e. The summed E-state index contributed by atoms with van der Waals surface area (Å²) < 4.78 is 0. The van der Waals surface area contributed by atoms with Crippen LogP contribution >= 0.6 is 11.6 Å². The summed E-state index contributed by atoms with van der Waals surface area (Å²) in [5.41, 5.74) is 4.56. The number of hydrogen-bond donors (Lipinski definition) is 1. The van der Waals surface area contributed by atoms with Crippen molar-refractivity contribution >= 4 is 11.6 Å². The smallest absolute Gasteiger partial charge is 0.0458 e. The quantitative estimate of drug-likeness (QED) is 0.661. The Morgan fingerprint density at radius 1 is 0.611 bits per heavy atom. The van der Waals surface area contributed by atoms with Gasteiger partial charge in [-0.15, -0.1) is 0 Å². The van der Waals surface area contributed by atoms with Crippen molar-refractivity contribution in [2.75, 3.05) is 0 Å². The molecule has 0 bridgehead atoms. The topological polar surface area (TPSA) is 15.8 Å². The molecule has 1 aromatic heterocycles. The predicted octanol–water partition coefficient (Wildman–Crippen LogP) is 5.00. The van der Waals surface area contributed by atoms with Crippen LogP contribution in [0.2, 0.25) is 5.02 Å². The lowest BCUT2D eigenvalue weighted by atomic mass is 10.2. The molecule has 0 saturated carbocycles. The molecule has 3 rings (SSSR count). The third kappa shape index (κ3) is 2.18. The highest BCUT2D eigenvalue weighted by Crippen LogP contribution is 2.25. The molecule has 0 amide bonds. The summed E-state index contributed by atoms with van der Waals surface area (Å²) in [7, 11) is 0. The third-order valence-corrected chi connectivity index (χ3v) is 3.18. The molecule has 0 aliphatic heterocycles. The van der Waals surface area contributed by atoms with Crippen molar-refractivity contribution in [3.05, 3.63) is 71.8 Å². The fourth-order valence-electron chi connectivity index (χ4n) is 1.98. The summed E-state index contributed by atoms with van der Waals surface area (Å²) in [4.78, 5) is 3.42. The van der Waals surface area contributed by atoms with Gasteiger partial charge in [0.1, 0.15) is 0 Å². The number of benzene rings is 2. The fraction of sp³-hybridized carbons (Fsp3) is 0. The highest BCUT2D eigenvalue weighted by molar-refractivity contribution is 6.30. The first-order valence-electron chi connectivity index (χ1n) is 5.83. The van der Waals surface area contributed by atoms with Gasteiger partial charge in [-0.1, -0.05) is 54.1 Å². The normalized spacial score (nSPS) is 10.5. The molecule has 0 fully saturated rings. The Morgan fingerprint density at radius 2 is 1.17 bits per heavy atom. The van der Waals surface area contributed by atoms with Gasteiger partial charge in [0.2, 0.25) is 0 Å². The van der Waals surface area contributed by atoms with E-state index in [1.165, 1.54) is 5.56 Å². The average Bonchev–Trinajstić information content (AvgIpc) is 2.90. The number of nitrogens with one attached hydrogen (secondary N) is 1. The molecule has 88 valence electrons. The van der Waals surface area contributed by atoms with Gasteiger partial charge in [-0.3, -0.25) is 0 Å². The van der Waals surface area contributed by atoms with Gasteiger partial charge in [0.05, 0.1) is 0 Å². The molecule has 0 unspecified atom stereocenters. The Labute approximate surface area is 111 Å². The van der Waals surface area contributed by atoms with Gasteiger partial charge in [0.15, 0.2) is 0 Å². The van der Waals surface area contributed by atoms with E-state index in [4.69, 9.17) is 11.6 Å². The second-order valence-electron chi connectivity index (χ2n) is 4.16. The van der Waals surface area contributed by atoms with Gasteiger partial charge in [-0.25, -0.2) is 0 Å². The third-order valence-electron chi connectivity index (χ3n) is 2.93. The Balaban J connectivity index is 1.97. The molecule has 0 radical (unpaired) electrons. The summed E-state index contributed by atoms with van der Waals surface area (Å²) in [5.74, 6) is 0. The van der Waals surface area contributed by atoms with Gasteiger partial charge in [0, 0.05) is 16.4 Å². The summed E-state index contributed by atoms with van der Waals surface area (Å²) in [6.45, 7) is 0. The minimum absolute atomic E-state index is 0.758. The molecule has 0 atom stereocenters. The molecular weight excluding hydrogens is 242 g/mol. The monoisotopic (exact) mass is 253 g/mol. The zero-order chi connectivity index (χ0) is 12.4. The molecule has 3 aromatic rings. The second-order valence-corrected chi connectivity index (χ2v) is 4.60. The average molecular weight is 254 g/mol. The van der Waals surface area contributed by atoms with Crippen LogP contribution in [0.5, 0.6) is 0 Å². The summed E-state index contributed by atoms with van der Waals surface area (Å²) in [6.07, 6.45) is 0. The summed E-state index contributed by atoms with van der Waals surface area (Å²) in [5, 5.41) is 0.758. The highest BCUT2D eigenvalue weighted by Gasteiger charge is 2.03. The zero-order valence-electron chi connectivity index (χ0n) is 9.73. The standard InChI is InChI=1S/C16H12ClN/c17-14-8-6-13(7-9-14)16-11-10-15(18-16)12-4-2-1-3-5-12/h1-11,18H. The van der Waals surface area contributed by atoms with Gasteiger partial charge < -0.3 is 4.98 Å². The van der Waals surface area contributed by atoms with Gasteiger partial charge in [-0.2, -0.15) is 0 Å². The van der Waals surface area contributed by atoms with Crippen LogP contribution in [-0.4, -0.2) is 4.98 Å². The SMILES string of the molecule is Clc1ccc(-c2ccc(-c3ccccc3)[nH]2)cc1. The van der Waals surface area contributed by atoms with E-state index in [0.717, 1.165) is 22.0 Å². The van der Waals surface area contributed by atoms with E-state index in [2.05, 4.69) is 29.2 Å². The van der Waals surface area contributed by atoms with Crippen molar-refractivity contribution in [1.29, 1.82) is 0 Å². The lowest BCUT2D eigenvalue weighted by Gasteiger charge is -1.99. The van der Waals surface area contributed by atoms with Crippen LogP contribution < -0.4 is 0 Å². The predicted molar refractivity (Wildman–Crippen MR) is 76.7 cm³/mol. The number of aromatic nitrogens is 1. The lowest BCUT2D eigenvalue weighted by molar-refractivity contribution is 1.39. The Hall–Kier alpha value is -1.99. The van der Waals surface area contributed by atoms with Gasteiger partial charge in [0.25, 0.3) is 0 Å². The number of rotatable bonds is 2. The highest BCUT2D eigenvalue weighted by atomic mass is 35.5. The number of halogens is 1. The van der Waals surface area contributed by atoms with Crippen molar-refractivity contribution in [2.45, 2.75) is 0 Å². The molecule has 0 saturated heterocycles. The van der Waals surface area contributed by atoms with Gasteiger partial charge in [-0.05, 0) is 35.4 Å². The Morgan fingerprint density at radius 3 is 1.78 bits per heavy atom. The molecule has 2 aromatic carbocycles. The van der Waals surface area contributed by atoms with Crippen LogP contribution in [0.25, 0.3) is 22.5 Å². The maximum Gasteiger partial charge on any atom is 0.0458 e.